The van der Waals surface area contributed by atoms with E-state index < -0.39 is 12.6 Å². The third kappa shape index (κ3) is 7.27. The van der Waals surface area contributed by atoms with E-state index in [0.29, 0.717) is 12.5 Å². The van der Waals surface area contributed by atoms with Gasteiger partial charge in [-0.15, -0.1) is 24.0 Å². The van der Waals surface area contributed by atoms with Crippen LogP contribution in [0, 0.1) is 0 Å². The molecule has 0 amide bonds. The minimum absolute atomic E-state index is 0. The molecular weight excluding hydrogens is 430 g/mol. The van der Waals surface area contributed by atoms with E-state index in [0.717, 1.165) is 12.8 Å². The molecule has 1 aromatic rings. The summed E-state index contributed by atoms with van der Waals surface area (Å²) in [5.74, 6) is 0.399. The summed E-state index contributed by atoms with van der Waals surface area (Å²) in [6.07, 6.45) is -3.17. The first-order valence-corrected chi connectivity index (χ1v) is 7.93. The van der Waals surface area contributed by atoms with Gasteiger partial charge in [-0.3, -0.25) is 4.99 Å². The van der Waals surface area contributed by atoms with Crippen LogP contribution in [0.3, 0.4) is 0 Å². The van der Waals surface area contributed by atoms with Crippen LogP contribution < -0.4 is 10.6 Å². The molecule has 1 rings (SSSR count). The number of nitrogens with zero attached hydrogens (tertiary/aromatic N) is 1. The molecule has 0 spiro atoms. The molecule has 0 unspecified atom stereocenters. The summed E-state index contributed by atoms with van der Waals surface area (Å²) in [5, 5.41) is 5.89. The second-order valence-corrected chi connectivity index (χ2v) is 5.57. The number of aliphatic imine (C=N–C) groups is 1. The number of alkyl halides is 3. The first kappa shape index (κ1) is 23.0. The molecule has 0 bridgehead atoms. The van der Waals surface area contributed by atoms with E-state index in [9.17, 15) is 13.2 Å². The van der Waals surface area contributed by atoms with Gasteiger partial charge in [0, 0.05) is 25.6 Å². The number of guanidine groups is 1. The molecule has 0 aliphatic carbocycles. The van der Waals surface area contributed by atoms with Crippen LogP contribution in [0.2, 0.25) is 0 Å². The molecule has 0 saturated heterocycles. The number of nitrogens with one attached hydrogen (secondary N) is 2. The van der Waals surface area contributed by atoms with Crippen molar-refractivity contribution >= 4 is 29.9 Å². The Balaban J connectivity index is 0.00000529. The van der Waals surface area contributed by atoms with E-state index in [2.05, 4.69) is 41.6 Å². The van der Waals surface area contributed by atoms with Crippen LogP contribution in [-0.4, -0.2) is 32.3 Å². The van der Waals surface area contributed by atoms with Gasteiger partial charge in [0.25, 0.3) is 0 Å². The number of hydrogen-bond acceptors (Lipinski definition) is 1. The normalized spacial score (nSPS) is 12.5. The lowest BCUT2D eigenvalue weighted by atomic mass is 9.76. The maximum absolute atomic E-state index is 12.2. The molecule has 0 atom stereocenters. The van der Waals surface area contributed by atoms with Crippen LogP contribution in [0.25, 0.3) is 0 Å². The van der Waals surface area contributed by atoms with E-state index >= 15 is 0 Å². The summed E-state index contributed by atoms with van der Waals surface area (Å²) >= 11 is 0. The van der Waals surface area contributed by atoms with Gasteiger partial charge in [-0.25, -0.2) is 0 Å². The molecule has 24 heavy (non-hydrogen) atoms. The van der Waals surface area contributed by atoms with Crippen LogP contribution >= 0.6 is 24.0 Å². The fourth-order valence-corrected chi connectivity index (χ4v) is 2.60. The lowest BCUT2D eigenvalue weighted by molar-refractivity contribution is -0.132. The first-order chi connectivity index (χ1) is 10.9. The lowest BCUT2D eigenvalue weighted by Crippen LogP contribution is -2.46. The van der Waals surface area contributed by atoms with Gasteiger partial charge in [0.15, 0.2) is 5.96 Å². The predicted molar refractivity (Wildman–Crippen MR) is 104 cm³/mol. The lowest BCUT2D eigenvalue weighted by Gasteiger charge is -2.33. The molecule has 0 saturated carbocycles. The smallest absolute Gasteiger partial charge is 0.356 e. The zero-order valence-electron chi connectivity index (χ0n) is 14.4. The van der Waals surface area contributed by atoms with Crippen molar-refractivity contribution in [2.75, 3.05) is 20.1 Å². The van der Waals surface area contributed by atoms with Crippen LogP contribution in [0.1, 0.15) is 38.7 Å². The van der Waals surface area contributed by atoms with Gasteiger partial charge in [-0.05, 0) is 18.4 Å². The van der Waals surface area contributed by atoms with Crippen molar-refractivity contribution in [2.24, 2.45) is 4.99 Å². The molecular formula is C17H27F3IN3. The summed E-state index contributed by atoms with van der Waals surface area (Å²) in [6.45, 7) is 4.69. The SMILES string of the molecule is CCC(CC)(CNC(=NC)NCCC(F)(F)F)c1ccccc1.I. The maximum Gasteiger partial charge on any atom is 0.390 e. The van der Waals surface area contributed by atoms with Crippen molar-refractivity contribution in [3.05, 3.63) is 35.9 Å². The molecule has 0 aliphatic rings. The summed E-state index contributed by atoms with van der Waals surface area (Å²) < 4.78 is 36.6. The average molecular weight is 457 g/mol. The summed E-state index contributed by atoms with van der Waals surface area (Å²) in [4.78, 5) is 4.00. The molecule has 138 valence electrons. The van der Waals surface area contributed by atoms with Crippen molar-refractivity contribution in [3.63, 3.8) is 0 Å². The van der Waals surface area contributed by atoms with Gasteiger partial charge in [-0.1, -0.05) is 44.2 Å². The van der Waals surface area contributed by atoms with E-state index in [-0.39, 0.29) is 35.9 Å². The zero-order valence-corrected chi connectivity index (χ0v) is 16.7. The first-order valence-electron chi connectivity index (χ1n) is 7.93. The Kier molecular flexibility index (Phi) is 10.3. The second kappa shape index (κ2) is 10.8. The van der Waals surface area contributed by atoms with Gasteiger partial charge in [-0.2, -0.15) is 13.2 Å². The van der Waals surface area contributed by atoms with E-state index in [4.69, 9.17) is 0 Å². The van der Waals surface area contributed by atoms with Crippen molar-refractivity contribution in [1.82, 2.24) is 10.6 Å². The predicted octanol–water partition coefficient (Wildman–Crippen LogP) is 4.48. The summed E-state index contributed by atoms with van der Waals surface area (Å²) in [5.41, 5.74) is 1.16. The Morgan fingerprint density at radius 1 is 1.04 bits per heavy atom. The van der Waals surface area contributed by atoms with Crippen molar-refractivity contribution < 1.29 is 13.2 Å². The van der Waals surface area contributed by atoms with E-state index in [1.54, 1.807) is 7.05 Å². The Labute approximate surface area is 159 Å². The third-order valence-electron chi connectivity index (χ3n) is 4.26. The highest BCUT2D eigenvalue weighted by Crippen LogP contribution is 2.30. The topological polar surface area (TPSA) is 36.4 Å². The molecule has 0 aliphatic heterocycles. The molecule has 7 heteroatoms. The molecule has 1 aromatic carbocycles. The Hall–Kier alpha value is -0.990. The standard InChI is InChI=1S/C17H26F3N3.HI/c1-4-16(5-2,14-9-7-6-8-10-14)13-23-15(21-3)22-12-11-17(18,19)20;/h6-10H,4-5,11-13H2,1-3H3,(H2,21,22,23);1H. The summed E-state index contributed by atoms with van der Waals surface area (Å²) in [7, 11) is 1.56. The Morgan fingerprint density at radius 2 is 1.62 bits per heavy atom. The largest absolute Gasteiger partial charge is 0.390 e. The van der Waals surface area contributed by atoms with Crippen LogP contribution in [0.15, 0.2) is 35.3 Å². The van der Waals surface area contributed by atoms with Crippen molar-refractivity contribution in [3.8, 4) is 0 Å². The number of rotatable bonds is 7. The second-order valence-electron chi connectivity index (χ2n) is 5.57. The Bertz CT molecular complexity index is 486. The van der Waals surface area contributed by atoms with Crippen LogP contribution in [-0.2, 0) is 5.41 Å². The maximum atomic E-state index is 12.2. The average Bonchev–Trinajstić information content (AvgIpc) is 2.54. The third-order valence-corrected chi connectivity index (χ3v) is 4.26. The van der Waals surface area contributed by atoms with Gasteiger partial charge in [0.2, 0.25) is 0 Å². The highest BCUT2D eigenvalue weighted by atomic mass is 127. The number of halogens is 4. The minimum Gasteiger partial charge on any atom is -0.356 e. The molecule has 0 fully saturated rings. The molecule has 0 aromatic heterocycles. The number of hydrogen-bond donors (Lipinski definition) is 2. The fourth-order valence-electron chi connectivity index (χ4n) is 2.60. The van der Waals surface area contributed by atoms with Crippen LogP contribution in [0.5, 0.6) is 0 Å². The van der Waals surface area contributed by atoms with Gasteiger partial charge >= 0.3 is 6.18 Å². The van der Waals surface area contributed by atoms with E-state index in [1.807, 2.05) is 18.2 Å². The number of benzene rings is 1. The highest BCUT2D eigenvalue weighted by Gasteiger charge is 2.29. The molecule has 0 heterocycles. The molecule has 3 nitrogen and oxygen atoms in total. The van der Waals surface area contributed by atoms with Gasteiger partial charge in [0.05, 0.1) is 6.42 Å². The Morgan fingerprint density at radius 3 is 2.08 bits per heavy atom. The highest BCUT2D eigenvalue weighted by molar-refractivity contribution is 14.0. The van der Waals surface area contributed by atoms with Crippen molar-refractivity contribution in [1.29, 1.82) is 0 Å². The molecule has 2 N–H and O–H groups in total. The van der Waals surface area contributed by atoms with Gasteiger partial charge < -0.3 is 10.6 Å². The minimum atomic E-state index is -4.16. The molecule has 0 radical (unpaired) electrons. The van der Waals surface area contributed by atoms with E-state index in [1.165, 1.54) is 5.56 Å². The van der Waals surface area contributed by atoms with Crippen LogP contribution in [0.4, 0.5) is 13.2 Å². The monoisotopic (exact) mass is 457 g/mol. The summed E-state index contributed by atoms with van der Waals surface area (Å²) in [6, 6.07) is 10.2. The zero-order chi connectivity index (χ0) is 17.3. The quantitative estimate of drug-likeness (QED) is 0.360. The fraction of sp³-hybridized carbons (Fsp3) is 0.588. The van der Waals surface area contributed by atoms with Crippen molar-refractivity contribution in [2.45, 2.75) is 44.7 Å². The van der Waals surface area contributed by atoms with Gasteiger partial charge in [0.1, 0.15) is 0 Å².